The van der Waals surface area contributed by atoms with Crippen molar-refractivity contribution in [1.29, 1.82) is 0 Å². The molecule has 2 aromatic rings. The number of hydrogen-bond acceptors (Lipinski definition) is 3. The fourth-order valence-corrected chi connectivity index (χ4v) is 3.31. The summed E-state index contributed by atoms with van der Waals surface area (Å²) in [5.41, 5.74) is 1.12. The van der Waals surface area contributed by atoms with Crippen LogP contribution in [0, 0.1) is 0 Å². The second-order valence-electron chi connectivity index (χ2n) is 3.56. The highest BCUT2D eigenvalue weighted by Crippen LogP contribution is 2.33. The SMILES string of the molecule is CCNC(c1cncc(Br)c1)c1sccc1Cl. The van der Waals surface area contributed by atoms with Crippen LogP contribution in [0.2, 0.25) is 5.02 Å². The Kier molecular flexibility index (Phi) is 4.56. The van der Waals surface area contributed by atoms with Gasteiger partial charge < -0.3 is 5.32 Å². The van der Waals surface area contributed by atoms with Gasteiger partial charge in [0.1, 0.15) is 0 Å². The van der Waals surface area contributed by atoms with E-state index in [4.69, 9.17) is 11.6 Å². The largest absolute Gasteiger partial charge is 0.306 e. The fourth-order valence-electron chi connectivity index (χ4n) is 1.66. The lowest BCUT2D eigenvalue weighted by atomic mass is 10.1. The lowest BCUT2D eigenvalue weighted by molar-refractivity contribution is 0.637. The minimum absolute atomic E-state index is 0.109. The molecule has 0 spiro atoms. The van der Waals surface area contributed by atoms with Gasteiger partial charge in [-0.25, -0.2) is 0 Å². The molecule has 0 aliphatic rings. The predicted octanol–water partition coefficient (Wildman–Crippen LogP) is 4.26. The number of aromatic nitrogens is 1. The summed E-state index contributed by atoms with van der Waals surface area (Å²) in [6.45, 7) is 2.96. The molecule has 1 N–H and O–H groups in total. The van der Waals surface area contributed by atoms with E-state index in [1.165, 1.54) is 0 Å². The van der Waals surface area contributed by atoms with Gasteiger partial charge in [0, 0.05) is 21.7 Å². The van der Waals surface area contributed by atoms with Crippen molar-refractivity contribution in [1.82, 2.24) is 10.3 Å². The zero-order chi connectivity index (χ0) is 12.3. The molecule has 2 nitrogen and oxygen atoms in total. The zero-order valence-electron chi connectivity index (χ0n) is 9.28. The molecule has 0 fully saturated rings. The maximum absolute atomic E-state index is 6.20. The molecule has 1 atom stereocenters. The summed E-state index contributed by atoms with van der Waals surface area (Å²) in [6.07, 6.45) is 3.65. The molecule has 0 saturated carbocycles. The van der Waals surface area contributed by atoms with Crippen molar-refractivity contribution in [2.24, 2.45) is 0 Å². The average Bonchev–Trinajstić information content (AvgIpc) is 2.72. The Balaban J connectivity index is 2.39. The maximum atomic E-state index is 6.20. The van der Waals surface area contributed by atoms with Gasteiger partial charge in [0.2, 0.25) is 0 Å². The highest BCUT2D eigenvalue weighted by Gasteiger charge is 2.17. The Bertz CT molecular complexity index is 501. The van der Waals surface area contributed by atoms with Crippen molar-refractivity contribution >= 4 is 38.9 Å². The number of rotatable bonds is 4. The van der Waals surface area contributed by atoms with E-state index in [2.05, 4.69) is 39.2 Å². The van der Waals surface area contributed by atoms with Crippen molar-refractivity contribution in [2.45, 2.75) is 13.0 Å². The van der Waals surface area contributed by atoms with E-state index >= 15 is 0 Å². The molecule has 0 aromatic carbocycles. The summed E-state index contributed by atoms with van der Waals surface area (Å²) in [5.74, 6) is 0. The first-order valence-electron chi connectivity index (χ1n) is 5.29. The van der Waals surface area contributed by atoms with Crippen LogP contribution in [-0.4, -0.2) is 11.5 Å². The number of nitrogens with zero attached hydrogens (tertiary/aromatic N) is 1. The third-order valence-corrected chi connectivity index (χ3v) is 4.23. The molecule has 17 heavy (non-hydrogen) atoms. The van der Waals surface area contributed by atoms with E-state index in [0.29, 0.717) is 0 Å². The number of halogens is 2. The minimum Gasteiger partial charge on any atom is -0.306 e. The van der Waals surface area contributed by atoms with Gasteiger partial charge in [-0.2, -0.15) is 0 Å². The fraction of sp³-hybridized carbons (Fsp3) is 0.250. The van der Waals surface area contributed by atoms with E-state index < -0.39 is 0 Å². The molecule has 0 saturated heterocycles. The first-order chi connectivity index (χ1) is 8.22. The topological polar surface area (TPSA) is 24.9 Å². The second kappa shape index (κ2) is 5.96. The van der Waals surface area contributed by atoms with Crippen molar-refractivity contribution in [3.63, 3.8) is 0 Å². The first kappa shape index (κ1) is 13.0. The van der Waals surface area contributed by atoms with Crippen molar-refractivity contribution in [3.8, 4) is 0 Å². The number of thiophene rings is 1. The summed E-state index contributed by atoms with van der Waals surface area (Å²) in [5, 5.41) is 6.25. The molecule has 1 unspecified atom stereocenters. The molecule has 90 valence electrons. The van der Waals surface area contributed by atoms with E-state index in [9.17, 15) is 0 Å². The Morgan fingerprint density at radius 3 is 2.94 bits per heavy atom. The number of nitrogens with one attached hydrogen (secondary N) is 1. The maximum Gasteiger partial charge on any atom is 0.0701 e. The summed E-state index contributed by atoms with van der Waals surface area (Å²) >= 11 is 11.3. The summed E-state index contributed by atoms with van der Waals surface area (Å²) in [6, 6.07) is 4.10. The molecule has 2 heterocycles. The molecule has 5 heteroatoms. The molecule has 0 aliphatic carbocycles. The highest BCUT2D eigenvalue weighted by atomic mass is 79.9. The van der Waals surface area contributed by atoms with Crippen LogP contribution in [0.4, 0.5) is 0 Å². The molecular weight excluding hydrogens is 320 g/mol. The summed E-state index contributed by atoms with van der Waals surface area (Å²) in [4.78, 5) is 5.33. The second-order valence-corrected chi connectivity index (χ2v) is 5.83. The summed E-state index contributed by atoms with van der Waals surface area (Å²) < 4.78 is 0.977. The molecule has 2 rings (SSSR count). The van der Waals surface area contributed by atoms with E-state index in [1.807, 2.05) is 17.6 Å². The third kappa shape index (κ3) is 3.07. The molecule has 0 radical (unpaired) electrons. The van der Waals surface area contributed by atoms with Gasteiger partial charge in [0.25, 0.3) is 0 Å². The highest BCUT2D eigenvalue weighted by molar-refractivity contribution is 9.10. The number of hydrogen-bond donors (Lipinski definition) is 1. The van der Waals surface area contributed by atoms with Crippen LogP contribution in [0.15, 0.2) is 34.4 Å². The van der Waals surface area contributed by atoms with Crippen LogP contribution >= 0.6 is 38.9 Å². The van der Waals surface area contributed by atoms with Crippen molar-refractivity contribution in [2.75, 3.05) is 6.54 Å². The van der Waals surface area contributed by atoms with Crippen LogP contribution in [0.5, 0.6) is 0 Å². The third-order valence-electron chi connectivity index (χ3n) is 2.37. The lowest BCUT2D eigenvalue weighted by Gasteiger charge is -2.17. The molecule has 0 amide bonds. The monoisotopic (exact) mass is 330 g/mol. The smallest absolute Gasteiger partial charge is 0.0701 e. The molecule has 2 aromatic heterocycles. The normalized spacial score (nSPS) is 12.6. The minimum atomic E-state index is 0.109. The van der Waals surface area contributed by atoms with Crippen LogP contribution in [0.3, 0.4) is 0 Å². The van der Waals surface area contributed by atoms with Gasteiger partial charge >= 0.3 is 0 Å². The zero-order valence-corrected chi connectivity index (χ0v) is 12.4. The standard InChI is InChI=1S/C12H12BrClN2S/c1-2-16-11(12-10(14)3-4-17-12)8-5-9(13)7-15-6-8/h3-7,11,16H,2H2,1H3. The molecule has 0 bridgehead atoms. The Labute approximate surface area is 118 Å². The average molecular weight is 332 g/mol. The van der Waals surface area contributed by atoms with Crippen LogP contribution < -0.4 is 5.32 Å². The van der Waals surface area contributed by atoms with Gasteiger partial charge in [-0.15, -0.1) is 11.3 Å². The summed E-state index contributed by atoms with van der Waals surface area (Å²) in [7, 11) is 0. The lowest BCUT2D eigenvalue weighted by Crippen LogP contribution is -2.21. The van der Waals surface area contributed by atoms with Gasteiger partial charge in [-0.05, 0) is 45.6 Å². The van der Waals surface area contributed by atoms with Crippen LogP contribution in [-0.2, 0) is 0 Å². The Morgan fingerprint density at radius 2 is 2.35 bits per heavy atom. The van der Waals surface area contributed by atoms with E-state index in [-0.39, 0.29) is 6.04 Å². The Morgan fingerprint density at radius 1 is 1.53 bits per heavy atom. The molecule has 0 aliphatic heterocycles. The quantitative estimate of drug-likeness (QED) is 0.905. The van der Waals surface area contributed by atoms with Crippen LogP contribution in [0.25, 0.3) is 0 Å². The molecular formula is C12H12BrClN2S. The van der Waals surface area contributed by atoms with Crippen LogP contribution in [0.1, 0.15) is 23.4 Å². The van der Waals surface area contributed by atoms with Crippen molar-refractivity contribution < 1.29 is 0 Å². The Hall–Kier alpha value is -0.420. The van der Waals surface area contributed by atoms with Gasteiger partial charge in [-0.3, -0.25) is 4.98 Å². The van der Waals surface area contributed by atoms with E-state index in [1.54, 1.807) is 17.5 Å². The van der Waals surface area contributed by atoms with E-state index in [0.717, 1.165) is 26.5 Å². The van der Waals surface area contributed by atoms with Gasteiger partial charge in [-0.1, -0.05) is 18.5 Å². The number of pyridine rings is 1. The van der Waals surface area contributed by atoms with Gasteiger partial charge in [0.05, 0.1) is 11.1 Å². The first-order valence-corrected chi connectivity index (χ1v) is 7.34. The predicted molar refractivity (Wildman–Crippen MR) is 76.8 cm³/mol. The van der Waals surface area contributed by atoms with Crippen molar-refractivity contribution in [3.05, 3.63) is 49.8 Å². The van der Waals surface area contributed by atoms with Gasteiger partial charge in [0.15, 0.2) is 0 Å².